The van der Waals surface area contributed by atoms with Crippen molar-refractivity contribution in [3.05, 3.63) is 35.9 Å². The van der Waals surface area contributed by atoms with Gasteiger partial charge in [0.15, 0.2) is 0 Å². The fourth-order valence-electron chi connectivity index (χ4n) is 1.31. The van der Waals surface area contributed by atoms with Crippen molar-refractivity contribution in [2.24, 2.45) is 0 Å². The smallest absolute Gasteiger partial charge is 0.235 e. The van der Waals surface area contributed by atoms with Gasteiger partial charge in [0.05, 0.1) is 6.61 Å². The minimum atomic E-state index is -1.31. The second kappa shape index (κ2) is 7.19. The quantitative estimate of drug-likeness (QED) is 0.775. The molecule has 0 aliphatic heterocycles. The third-order valence-corrected chi connectivity index (χ3v) is 3.95. The average Bonchev–Trinajstić information content (AvgIpc) is 2.36. The molecule has 17 heavy (non-hydrogen) atoms. The first kappa shape index (κ1) is 13.9. The summed E-state index contributed by atoms with van der Waals surface area (Å²) in [6, 6.07) is 9.53. The van der Waals surface area contributed by atoms with Crippen LogP contribution in [0.1, 0.15) is 12.5 Å². The minimum absolute atomic E-state index is 0.139. The second-order valence-corrected chi connectivity index (χ2v) is 5.53. The lowest BCUT2D eigenvalue weighted by Crippen LogP contribution is -2.36. The number of hydrogen-bond acceptors (Lipinski definition) is 3. The Morgan fingerprint density at radius 1 is 1.41 bits per heavy atom. The lowest BCUT2D eigenvalue weighted by atomic mass is 10.2. The van der Waals surface area contributed by atoms with E-state index in [9.17, 15) is 9.00 Å². The summed E-state index contributed by atoms with van der Waals surface area (Å²) in [5.74, 6) is -0.111. The van der Waals surface area contributed by atoms with Gasteiger partial charge in [0.2, 0.25) is 5.91 Å². The zero-order chi connectivity index (χ0) is 12.7. The van der Waals surface area contributed by atoms with Gasteiger partial charge in [-0.25, -0.2) is 0 Å². The highest BCUT2D eigenvalue weighted by atomic mass is 32.2. The number of carbonyl (C=O) groups excluding carboxylic acids is 1. The largest absolute Gasteiger partial charge is 0.395 e. The molecule has 5 heteroatoms. The minimum Gasteiger partial charge on any atom is -0.395 e. The third kappa shape index (κ3) is 4.66. The van der Waals surface area contributed by atoms with E-state index >= 15 is 0 Å². The molecular weight excluding hydrogens is 238 g/mol. The molecule has 1 aromatic rings. The SMILES string of the molecule is C[C@@H](C(=O)NCc1ccccc1)[S@@](=O)CCO. The highest BCUT2D eigenvalue weighted by Gasteiger charge is 2.18. The summed E-state index contributed by atoms with van der Waals surface area (Å²) in [6.45, 7) is 1.87. The molecule has 94 valence electrons. The molecule has 0 bridgehead atoms. The predicted molar refractivity (Wildman–Crippen MR) is 67.8 cm³/mol. The van der Waals surface area contributed by atoms with Gasteiger partial charge in [-0.3, -0.25) is 9.00 Å². The number of nitrogens with one attached hydrogen (secondary N) is 1. The molecule has 1 rings (SSSR count). The van der Waals surface area contributed by atoms with Crippen LogP contribution in [-0.2, 0) is 22.1 Å². The molecule has 0 fully saturated rings. The van der Waals surface area contributed by atoms with E-state index in [0.29, 0.717) is 6.54 Å². The number of hydrogen-bond donors (Lipinski definition) is 2. The standard InChI is InChI=1S/C12H17NO3S/c1-10(17(16)8-7-14)12(15)13-9-11-5-3-2-4-6-11/h2-6,10,14H,7-9H2,1H3,(H,13,15)/t10-,17-/m0/s1. The summed E-state index contributed by atoms with van der Waals surface area (Å²) in [6.07, 6.45) is 0. The van der Waals surface area contributed by atoms with Gasteiger partial charge in [0.1, 0.15) is 5.25 Å². The van der Waals surface area contributed by atoms with E-state index in [1.807, 2.05) is 30.3 Å². The highest BCUT2D eigenvalue weighted by molar-refractivity contribution is 7.86. The van der Waals surface area contributed by atoms with Crippen LogP contribution >= 0.6 is 0 Å². The summed E-state index contributed by atoms with van der Waals surface area (Å²) < 4.78 is 11.5. The maximum absolute atomic E-state index is 11.6. The number of rotatable bonds is 6. The Bertz CT molecular complexity index is 381. The molecule has 1 amide bonds. The fourth-order valence-corrected chi connectivity index (χ4v) is 2.17. The molecule has 0 aliphatic carbocycles. The van der Waals surface area contributed by atoms with Crippen LogP contribution in [0.3, 0.4) is 0 Å². The Kier molecular flexibility index (Phi) is 5.86. The second-order valence-electron chi connectivity index (χ2n) is 3.65. The van der Waals surface area contributed by atoms with Crippen LogP contribution in [0.15, 0.2) is 30.3 Å². The van der Waals surface area contributed by atoms with E-state index in [-0.39, 0.29) is 18.3 Å². The Hall–Kier alpha value is -1.20. The van der Waals surface area contributed by atoms with Crippen molar-refractivity contribution in [1.82, 2.24) is 5.32 Å². The van der Waals surface area contributed by atoms with Crippen molar-refractivity contribution >= 4 is 16.7 Å². The van der Waals surface area contributed by atoms with E-state index in [0.717, 1.165) is 5.56 Å². The Morgan fingerprint density at radius 3 is 2.65 bits per heavy atom. The first-order chi connectivity index (χ1) is 8.15. The van der Waals surface area contributed by atoms with Gasteiger partial charge >= 0.3 is 0 Å². The lowest BCUT2D eigenvalue weighted by molar-refractivity contribution is -0.120. The van der Waals surface area contributed by atoms with Gasteiger partial charge in [-0.1, -0.05) is 30.3 Å². The zero-order valence-corrected chi connectivity index (χ0v) is 10.6. The molecule has 0 saturated carbocycles. The van der Waals surface area contributed by atoms with Crippen LogP contribution in [-0.4, -0.2) is 32.8 Å². The Morgan fingerprint density at radius 2 is 2.06 bits per heavy atom. The van der Waals surface area contributed by atoms with Crippen molar-refractivity contribution in [3.63, 3.8) is 0 Å². The number of carbonyl (C=O) groups is 1. The van der Waals surface area contributed by atoms with Crippen LogP contribution < -0.4 is 5.32 Å². The van der Waals surface area contributed by atoms with Crippen molar-refractivity contribution in [2.75, 3.05) is 12.4 Å². The molecule has 0 radical (unpaired) electrons. The maximum Gasteiger partial charge on any atom is 0.235 e. The molecule has 0 heterocycles. The first-order valence-corrected chi connectivity index (χ1v) is 6.83. The molecule has 0 aliphatic rings. The van der Waals surface area contributed by atoms with Crippen LogP contribution in [0.4, 0.5) is 0 Å². The van der Waals surface area contributed by atoms with Crippen molar-refractivity contribution < 1.29 is 14.1 Å². The van der Waals surface area contributed by atoms with E-state index in [2.05, 4.69) is 5.32 Å². The van der Waals surface area contributed by atoms with Crippen LogP contribution in [0, 0.1) is 0 Å². The predicted octanol–water partition coefficient (Wildman–Crippen LogP) is 0.432. The van der Waals surface area contributed by atoms with Crippen LogP contribution in [0.2, 0.25) is 0 Å². The molecule has 0 saturated heterocycles. The molecule has 1 aromatic carbocycles. The van der Waals surface area contributed by atoms with E-state index in [1.165, 1.54) is 0 Å². The molecular formula is C12H17NO3S. The summed E-state index contributed by atoms with van der Waals surface area (Å²) in [7, 11) is -1.31. The fraction of sp³-hybridized carbons (Fsp3) is 0.417. The number of aliphatic hydroxyl groups is 1. The van der Waals surface area contributed by atoms with Crippen LogP contribution in [0.25, 0.3) is 0 Å². The number of amides is 1. The number of benzene rings is 1. The van der Waals surface area contributed by atoms with Gasteiger partial charge in [-0.2, -0.15) is 0 Å². The summed E-state index contributed by atoms with van der Waals surface area (Å²) in [5.41, 5.74) is 1.00. The summed E-state index contributed by atoms with van der Waals surface area (Å²) >= 11 is 0. The van der Waals surface area contributed by atoms with E-state index in [1.54, 1.807) is 6.92 Å². The topological polar surface area (TPSA) is 66.4 Å². The normalized spacial score (nSPS) is 14.0. The molecule has 0 aromatic heterocycles. The van der Waals surface area contributed by atoms with Gasteiger partial charge < -0.3 is 10.4 Å². The highest BCUT2D eigenvalue weighted by Crippen LogP contribution is 2.00. The molecule has 4 nitrogen and oxygen atoms in total. The van der Waals surface area contributed by atoms with E-state index < -0.39 is 16.0 Å². The van der Waals surface area contributed by atoms with E-state index in [4.69, 9.17) is 5.11 Å². The van der Waals surface area contributed by atoms with Crippen molar-refractivity contribution in [2.45, 2.75) is 18.7 Å². The molecule has 2 atom stereocenters. The lowest BCUT2D eigenvalue weighted by Gasteiger charge is -2.11. The van der Waals surface area contributed by atoms with Gasteiger partial charge in [-0.15, -0.1) is 0 Å². The summed E-state index contributed by atoms with van der Waals surface area (Å²) in [4.78, 5) is 11.6. The Labute approximate surface area is 104 Å². The third-order valence-electron chi connectivity index (χ3n) is 2.37. The van der Waals surface area contributed by atoms with Crippen molar-refractivity contribution in [3.8, 4) is 0 Å². The molecule has 0 unspecified atom stereocenters. The average molecular weight is 255 g/mol. The first-order valence-electron chi connectivity index (χ1n) is 5.45. The van der Waals surface area contributed by atoms with Gasteiger partial charge in [0.25, 0.3) is 0 Å². The number of aliphatic hydroxyl groups excluding tert-OH is 1. The summed E-state index contributed by atoms with van der Waals surface area (Å²) in [5, 5.41) is 10.8. The molecule has 2 N–H and O–H groups in total. The zero-order valence-electron chi connectivity index (χ0n) is 9.76. The van der Waals surface area contributed by atoms with Crippen molar-refractivity contribution in [1.29, 1.82) is 0 Å². The maximum atomic E-state index is 11.6. The van der Waals surface area contributed by atoms with Gasteiger partial charge in [-0.05, 0) is 12.5 Å². The van der Waals surface area contributed by atoms with Gasteiger partial charge in [0, 0.05) is 23.1 Å². The van der Waals surface area contributed by atoms with Crippen LogP contribution in [0.5, 0.6) is 0 Å². The monoisotopic (exact) mass is 255 g/mol. The molecule has 0 spiro atoms. The Balaban J connectivity index is 2.42.